The lowest BCUT2D eigenvalue weighted by Crippen LogP contribution is -1.92. The first-order valence-electron chi connectivity index (χ1n) is 5.41. The molecule has 4 heteroatoms. The summed E-state index contributed by atoms with van der Waals surface area (Å²) in [4.78, 5) is 7.37. The van der Waals surface area contributed by atoms with Crippen molar-refractivity contribution in [3.8, 4) is 17.0 Å². The summed E-state index contributed by atoms with van der Waals surface area (Å²) < 4.78 is 5.40. The molecule has 0 saturated heterocycles. The minimum Gasteiger partial charge on any atom is -0.496 e. The van der Waals surface area contributed by atoms with Crippen LogP contribution in [0.3, 0.4) is 0 Å². The minimum absolute atomic E-state index is 0.382. The van der Waals surface area contributed by atoms with E-state index in [1.165, 1.54) is 11.1 Å². The van der Waals surface area contributed by atoms with Crippen LogP contribution in [0.1, 0.15) is 17.0 Å². The molecule has 0 aliphatic heterocycles. The van der Waals surface area contributed by atoms with Crippen molar-refractivity contribution in [3.63, 3.8) is 0 Å². The number of nitrogens with one attached hydrogen (secondary N) is 1. The summed E-state index contributed by atoms with van der Waals surface area (Å²) in [7, 11) is 1.67. The van der Waals surface area contributed by atoms with Gasteiger partial charge in [0.1, 0.15) is 11.6 Å². The van der Waals surface area contributed by atoms with Crippen molar-refractivity contribution in [2.24, 2.45) is 0 Å². The Morgan fingerprint density at radius 1 is 1.29 bits per heavy atom. The average Bonchev–Trinajstić information content (AvgIpc) is 2.80. The Kier molecular flexibility index (Phi) is 3.38. The van der Waals surface area contributed by atoms with Gasteiger partial charge in [-0.1, -0.05) is 0 Å². The summed E-state index contributed by atoms with van der Waals surface area (Å²) in [5.74, 6) is 1.99. The quantitative estimate of drug-likeness (QED) is 0.848. The van der Waals surface area contributed by atoms with Crippen LogP contribution < -0.4 is 4.74 Å². The highest BCUT2D eigenvalue weighted by Crippen LogP contribution is 2.31. The molecule has 0 atom stereocenters. The van der Waals surface area contributed by atoms with E-state index >= 15 is 0 Å². The number of methoxy groups -OCH3 is 1. The van der Waals surface area contributed by atoms with E-state index in [0.717, 1.165) is 22.8 Å². The number of hydrogen-bond donors (Lipinski definition) is 1. The standard InChI is InChI=1S/C13H15ClN2O/c1-8-4-10(12(17-3)5-9(8)2)11-7-15-13(6-14)16-11/h4-5,7H,6H2,1-3H3,(H,15,16). The molecule has 0 aliphatic carbocycles. The number of hydrogen-bond acceptors (Lipinski definition) is 2. The van der Waals surface area contributed by atoms with Crippen LogP contribution in [0.15, 0.2) is 18.3 Å². The summed E-state index contributed by atoms with van der Waals surface area (Å²) in [6, 6.07) is 4.13. The Hall–Kier alpha value is -1.48. The number of alkyl halides is 1. The largest absolute Gasteiger partial charge is 0.496 e. The first-order chi connectivity index (χ1) is 8.15. The number of rotatable bonds is 3. The molecule has 0 aliphatic rings. The first-order valence-corrected chi connectivity index (χ1v) is 5.94. The molecule has 0 bridgehead atoms. The summed E-state index contributed by atoms with van der Waals surface area (Å²) in [5.41, 5.74) is 4.38. The van der Waals surface area contributed by atoms with E-state index in [9.17, 15) is 0 Å². The van der Waals surface area contributed by atoms with Crippen LogP contribution >= 0.6 is 11.6 Å². The molecular formula is C13H15ClN2O. The lowest BCUT2D eigenvalue weighted by molar-refractivity contribution is 0.416. The maximum absolute atomic E-state index is 5.73. The molecule has 0 fully saturated rings. The number of aryl methyl sites for hydroxylation is 2. The van der Waals surface area contributed by atoms with Gasteiger partial charge in [-0.25, -0.2) is 4.98 Å². The number of imidazole rings is 1. The van der Waals surface area contributed by atoms with Crippen molar-refractivity contribution in [2.75, 3.05) is 7.11 Å². The number of H-pyrrole nitrogens is 1. The molecule has 17 heavy (non-hydrogen) atoms. The lowest BCUT2D eigenvalue weighted by atomic mass is 10.0. The molecule has 2 aromatic rings. The van der Waals surface area contributed by atoms with Gasteiger partial charge in [0.25, 0.3) is 0 Å². The summed E-state index contributed by atoms with van der Waals surface area (Å²) in [5, 5.41) is 0. The van der Waals surface area contributed by atoms with Crippen molar-refractivity contribution in [3.05, 3.63) is 35.3 Å². The van der Waals surface area contributed by atoms with Crippen LogP contribution in [-0.2, 0) is 5.88 Å². The molecule has 0 spiro atoms. The highest BCUT2D eigenvalue weighted by atomic mass is 35.5. The van der Waals surface area contributed by atoms with Gasteiger partial charge in [0.05, 0.1) is 24.9 Å². The Morgan fingerprint density at radius 3 is 2.59 bits per heavy atom. The zero-order valence-corrected chi connectivity index (χ0v) is 10.9. The van der Waals surface area contributed by atoms with Gasteiger partial charge in [0, 0.05) is 5.56 Å². The normalized spacial score (nSPS) is 10.6. The zero-order valence-electron chi connectivity index (χ0n) is 10.2. The third-order valence-electron chi connectivity index (χ3n) is 2.86. The smallest absolute Gasteiger partial charge is 0.128 e. The number of halogens is 1. The topological polar surface area (TPSA) is 37.9 Å². The molecule has 0 amide bonds. The van der Waals surface area contributed by atoms with Crippen LogP contribution in [0.5, 0.6) is 5.75 Å². The van der Waals surface area contributed by atoms with Gasteiger partial charge in [-0.2, -0.15) is 0 Å². The van der Waals surface area contributed by atoms with Gasteiger partial charge in [0.15, 0.2) is 0 Å². The van der Waals surface area contributed by atoms with E-state index in [2.05, 4.69) is 29.9 Å². The van der Waals surface area contributed by atoms with Crippen molar-refractivity contribution in [1.29, 1.82) is 0 Å². The molecule has 1 aromatic carbocycles. The predicted molar refractivity (Wildman–Crippen MR) is 69.6 cm³/mol. The predicted octanol–water partition coefficient (Wildman–Crippen LogP) is 3.44. The monoisotopic (exact) mass is 250 g/mol. The van der Waals surface area contributed by atoms with Gasteiger partial charge in [0.2, 0.25) is 0 Å². The Balaban J connectivity index is 2.53. The third kappa shape index (κ3) is 2.29. The van der Waals surface area contributed by atoms with Crippen LogP contribution in [0.2, 0.25) is 0 Å². The van der Waals surface area contributed by atoms with Crippen LogP contribution in [0.25, 0.3) is 11.3 Å². The number of benzene rings is 1. The first kappa shape index (κ1) is 12.0. The van der Waals surface area contributed by atoms with E-state index in [0.29, 0.717) is 5.88 Å². The van der Waals surface area contributed by atoms with Crippen molar-refractivity contribution < 1.29 is 4.74 Å². The number of aromatic amines is 1. The number of nitrogens with zero attached hydrogens (tertiary/aromatic N) is 1. The Bertz CT molecular complexity index is 534. The van der Waals surface area contributed by atoms with Gasteiger partial charge < -0.3 is 9.72 Å². The highest BCUT2D eigenvalue weighted by Gasteiger charge is 2.10. The van der Waals surface area contributed by atoms with Gasteiger partial charge in [-0.05, 0) is 37.1 Å². The second kappa shape index (κ2) is 4.80. The molecule has 2 rings (SSSR count). The zero-order chi connectivity index (χ0) is 12.4. The second-order valence-electron chi connectivity index (χ2n) is 4.01. The third-order valence-corrected chi connectivity index (χ3v) is 3.11. The van der Waals surface area contributed by atoms with Crippen molar-refractivity contribution in [2.45, 2.75) is 19.7 Å². The second-order valence-corrected chi connectivity index (χ2v) is 4.28. The maximum Gasteiger partial charge on any atom is 0.128 e. The molecule has 1 aromatic heterocycles. The van der Waals surface area contributed by atoms with E-state index < -0.39 is 0 Å². The van der Waals surface area contributed by atoms with Gasteiger partial charge >= 0.3 is 0 Å². The molecule has 3 nitrogen and oxygen atoms in total. The Labute approximate surface area is 106 Å². The van der Waals surface area contributed by atoms with E-state index in [-0.39, 0.29) is 0 Å². The number of ether oxygens (including phenoxy) is 1. The Morgan fingerprint density at radius 2 is 2.00 bits per heavy atom. The maximum atomic E-state index is 5.73. The van der Waals surface area contributed by atoms with E-state index in [1.807, 2.05) is 6.07 Å². The SMILES string of the molecule is COc1cc(C)c(C)cc1-c1cnc(CCl)[nH]1. The summed E-state index contributed by atoms with van der Waals surface area (Å²) in [6.45, 7) is 4.15. The minimum atomic E-state index is 0.382. The van der Waals surface area contributed by atoms with Crippen molar-refractivity contribution >= 4 is 11.6 Å². The molecule has 0 saturated carbocycles. The summed E-state index contributed by atoms with van der Waals surface area (Å²) in [6.07, 6.45) is 1.78. The average molecular weight is 251 g/mol. The molecule has 1 N–H and O–H groups in total. The van der Waals surface area contributed by atoms with Crippen LogP contribution in [0.4, 0.5) is 0 Å². The molecule has 1 heterocycles. The van der Waals surface area contributed by atoms with Crippen LogP contribution in [0, 0.1) is 13.8 Å². The van der Waals surface area contributed by atoms with Crippen molar-refractivity contribution in [1.82, 2.24) is 9.97 Å². The lowest BCUT2D eigenvalue weighted by Gasteiger charge is -2.10. The fourth-order valence-electron chi connectivity index (χ4n) is 1.74. The van der Waals surface area contributed by atoms with Crippen LogP contribution in [-0.4, -0.2) is 17.1 Å². The molecule has 0 radical (unpaired) electrons. The highest BCUT2D eigenvalue weighted by molar-refractivity contribution is 6.16. The van der Waals surface area contributed by atoms with E-state index in [1.54, 1.807) is 13.3 Å². The fourth-order valence-corrected chi connectivity index (χ4v) is 1.87. The van der Waals surface area contributed by atoms with Gasteiger partial charge in [-0.3, -0.25) is 0 Å². The molecule has 0 unspecified atom stereocenters. The van der Waals surface area contributed by atoms with E-state index in [4.69, 9.17) is 16.3 Å². The number of aromatic nitrogens is 2. The molecule has 90 valence electrons. The fraction of sp³-hybridized carbons (Fsp3) is 0.308. The molecular weight excluding hydrogens is 236 g/mol. The summed E-state index contributed by atoms with van der Waals surface area (Å²) >= 11 is 5.73. The van der Waals surface area contributed by atoms with Gasteiger partial charge in [-0.15, -0.1) is 11.6 Å².